The van der Waals surface area contributed by atoms with Crippen LogP contribution in [0, 0.1) is 0 Å². The first kappa shape index (κ1) is 16.0. The molecule has 27 heavy (non-hydrogen) atoms. The van der Waals surface area contributed by atoms with E-state index in [-0.39, 0.29) is 25.9 Å². The van der Waals surface area contributed by atoms with Gasteiger partial charge in [0.15, 0.2) is 18.1 Å². The third-order valence-corrected chi connectivity index (χ3v) is 4.49. The second-order valence-corrected chi connectivity index (χ2v) is 6.40. The first-order chi connectivity index (χ1) is 13.2. The van der Waals surface area contributed by atoms with Gasteiger partial charge in [0.1, 0.15) is 12.3 Å². The van der Waals surface area contributed by atoms with Crippen molar-refractivity contribution < 1.29 is 23.5 Å². The van der Waals surface area contributed by atoms with Crippen LogP contribution in [0.25, 0.3) is 11.4 Å². The third kappa shape index (κ3) is 2.83. The Morgan fingerprint density at radius 3 is 2.81 bits per heavy atom. The first-order valence-electron chi connectivity index (χ1n) is 8.13. The van der Waals surface area contributed by atoms with Crippen molar-refractivity contribution in [3.8, 4) is 28.6 Å². The van der Waals surface area contributed by atoms with E-state index in [4.69, 9.17) is 30.3 Å². The lowest BCUT2D eigenvalue weighted by molar-refractivity contribution is -0.121. The molecule has 0 spiro atoms. The van der Waals surface area contributed by atoms with Gasteiger partial charge in [0.05, 0.1) is 5.69 Å². The molecule has 0 unspecified atom stereocenters. The molecule has 0 saturated carbocycles. The Labute approximate surface area is 158 Å². The van der Waals surface area contributed by atoms with E-state index in [1.165, 1.54) is 4.90 Å². The fourth-order valence-electron chi connectivity index (χ4n) is 2.96. The second kappa shape index (κ2) is 6.17. The molecular formula is C18H12ClN3O5. The normalized spacial score (nSPS) is 14.9. The summed E-state index contributed by atoms with van der Waals surface area (Å²) in [7, 11) is 0. The van der Waals surface area contributed by atoms with Crippen molar-refractivity contribution >= 4 is 23.2 Å². The van der Waals surface area contributed by atoms with Crippen molar-refractivity contribution in [2.75, 3.05) is 18.3 Å². The molecule has 1 amide bonds. The Balaban J connectivity index is 1.43. The number of anilines is 1. The third-order valence-electron chi connectivity index (χ3n) is 4.26. The van der Waals surface area contributed by atoms with Gasteiger partial charge in [0, 0.05) is 10.6 Å². The van der Waals surface area contributed by atoms with E-state index >= 15 is 0 Å². The van der Waals surface area contributed by atoms with Crippen molar-refractivity contribution in [1.82, 2.24) is 10.1 Å². The highest BCUT2D eigenvalue weighted by atomic mass is 35.5. The van der Waals surface area contributed by atoms with Crippen LogP contribution in [0.4, 0.5) is 5.69 Å². The van der Waals surface area contributed by atoms with Gasteiger partial charge >= 0.3 is 0 Å². The number of amides is 1. The quantitative estimate of drug-likeness (QED) is 0.684. The summed E-state index contributed by atoms with van der Waals surface area (Å²) in [6.45, 7) is 0.252. The fourth-order valence-corrected chi connectivity index (χ4v) is 3.12. The van der Waals surface area contributed by atoms with E-state index in [2.05, 4.69) is 10.1 Å². The predicted octanol–water partition coefficient (Wildman–Crippen LogP) is 3.04. The van der Waals surface area contributed by atoms with Crippen LogP contribution in [0.3, 0.4) is 0 Å². The van der Waals surface area contributed by atoms with Crippen molar-refractivity contribution in [3.05, 3.63) is 47.3 Å². The molecule has 2 aliphatic heterocycles. The molecule has 0 fully saturated rings. The number of halogens is 1. The van der Waals surface area contributed by atoms with Gasteiger partial charge in [-0.15, -0.1) is 0 Å². The van der Waals surface area contributed by atoms with E-state index in [0.29, 0.717) is 39.7 Å². The summed E-state index contributed by atoms with van der Waals surface area (Å²) < 4.78 is 21.4. The molecule has 3 heterocycles. The molecule has 5 rings (SSSR count). The number of fused-ring (bicyclic) bond motifs is 2. The van der Waals surface area contributed by atoms with Gasteiger partial charge in [-0.3, -0.25) is 9.69 Å². The number of aromatic nitrogens is 2. The highest BCUT2D eigenvalue weighted by Crippen LogP contribution is 2.36. The molecule has 2 aromatic carbocycles. The number of hydrogen-bond donors (Lipinski definition) is 0. The van der Waals surface area contributed by atoms with Gasteiger partial charge in [0.2, 0.25) is 18.5 Å². The minimum Gasteiger partial charge on any atom is -0.482 e. The van der Waals surface area contributed by atoms with E-state index < -0.39 is 0 Å². The average molecular weight is 386 g/mol. The maximum absolute atomic E-state index is 12.3. The lowest BCUT2D eigenvalue weighted by atomic mass is 10.2. The van der Waals surface area contributed by atoms with Crippen LogP contribution in [0.2, 0.25) is 5.02 Å². The number of carbonyl (C=O) groups is 1. The maximum atomic E-state index is 12.3. The summed E-state index contributed by atoms with van der Waals surface area (Å²) >= 11 is 6.06. The molecular weight excluding hydrogens is 374 g/mol. The average Bonchev–Trinajstić information content (AvgIpc) is 3.32. The first-order valence-corrected chi connectivity index (χ1v) is 8.50. The van der Waals surface area contributed by atoms with Crippen LogP contribution >= 0.6 is 11.6 Å². The van der Waals surface area contributed by atoms with Crippen molar-refractivity contribution in [3.63, 3.8) is 0 Å². The molecule has 9 heteroatoms. The van der Waals surface area contributed by atoms with Crippen LogP contribution in [0.5, 0.6) is 17.2 Å². The van der Waals surface area contributed by atoms with Crippen LogP contribution in [0.15, 0.2) is 40.9 Å². The number of nitrogens with zero attached hydrogens (tertiary/aromatic N) is 3. The summed E-state index contributed by atoms with van der Waals surface area (Å²) in [6.07, 6.45) is 0. The van der Waals surface area contributed by atoms with Gasteiger partial charge in [-0.25, -0.2) is 0 Å². The van der Waals surface area contributed by atoms with Gasteiger partial charge < -0.3 is 18.7 Å². The van der Waals surface area contributed by atoms with Crippen LogP contribution in [-0.2, 0) is 11.3 Å². The number of rotatable bonds is 3. The molecule has 2 aliphatic rings. The zero-order valence-corrected chi connectivity index (χ0v) is 14.6. The molecule has 0 radical (unpaired) electrons. The summed E-state index contributed by atoms with van der Waals surface area (Å²) in [5.41, 5.74) is 1.30. The standard InChI is InChI=1S/C18H12ClN3O5/c19-11-2-4-13-12(6-11)22(17(23)8-24-13)7-16-20-18(21-27-16)10-1-3-14-15(5-10)26-9-25-14/h1-6H,7-9H2. The minimum absolute atomic E-state index is 0.0578. The number of ether oxygens (including phenoxy) is 3. The molecule has 0 N–H and O–H groups in total. The maximum Gasteiger partial charge on any atom is 0.265 e. The largest absolute Gasteiger partial charge is 0.482 e. The highest BCUT2D eigenvalue weighted by molar-refractivity contribution is 6.31. The topological polar surface area (TPSA) is 86.9 Å². The van der Waals surface area contributed by atoms with Gasteiger partial charge in [-0.2, -0.15) is 4.98 Å². The van der Waals surface area contributed by atoms with Gasteiger partial charge in [-0.05, 0) is 36.4 Å². The minimum atomic E-state index is -0.215. The Kier molecular flexibility index (Phi) is 3.64. The second-order valence-electron chi connectivity index (χ2n) is 5.96. The predicted molar refractivity (Wildman–Crippen MR) is 94.0 cm³/mol. The SMILES string of the molecule is O=C1COc2ccc(Cl)cc2N1Cc1nc(-c2ccc3c(c2)OCO3)no1. The van der Waals surface area contributed by atoms with Gasteiger partial charge in [-0.1, -0.05) is 16.8 Å². The molecule has 0 aliphatic carbocycles. The Morgan fingerprint density at radius 2 is 1.89 bits per heavy atom. The van der Waals surface area contributed by atoms with E-state index in [9.17, 15) is 4.79 Å². The molecule has 0 saturated heterocycles. The van der Waals surface area contributed by atoms with E-state index in [0.717, 1.165) is 5.56 Å². The lowest BCUT2D eigenvalue weighted by Crippen LogP contribution is -2.38. The molecule has 3 aromatic rings. The highest BCUT2D eigenvalue weighted by Gasteiger charge is 2.28. The number of benzene rings is 2. The Bertz CT molecular complexity index is 1050. The van der Waals surface area contributed by atoms with Crippen LogP contribution in [0.1, 0.15) is 5.89 Å². The van der Waals surface area contributed by atoms with E-state index in [1.807, 2.05) is 6.07 Å². The van der Waals surface area contributed by atoms with Crippen LogP contribution in [-0.4, -0.2) is 29.4 Å². The zero-order valence-electron chi connectivity index (χ0n) is 13.8. The van der Waals surface area contributed by atoms with Crippen molar-refractivity contribution in [2.24, 2.45) is 0 Å². The molecule has 1 aromatic heterocycles. The molecule has 8 nitrogen and oxygen atoms in total. The number of hydrogen-bond acceptors (Lipinski definition) is 7. The fraction of sp³-hybridized carbons (Fsp3) is 0.167. The molecule has 0 bridgehead atoms. The Morgan fingerprint density at radius 1 is 1.04 bits per heavy atom. The Hall–Kier alpha value is -3.26. The molecule has 136 valence electrons. The smallest absolute Gasteiger partial charge is 0.265 e. The lowest BCUT2D eigenvalue weighted by Gasteiger charge is -2.28. The van der Waals surface area contributed by atoms with Crippen LogP contribution < -0.4 is 19.1 Å². The van der Waals surface area contributed by atoms with Crippen molar-refractivity contribution in [2.45, 2.75) is 6.54 Å². The van der Waals surface area contributed by atoms with Gasteiger partial charge in [0.25, 0.3) is 5.91 Å². The van der Waals surface area contributed by atoms with Crippen molar-refractivity contribution in [1.29, 1.82) is 0 Å². The number of carbonyl (C=O) groups excluding carboxylic acids is 1. The summed E-state index contributed by atoms with van der Waals surface area (Å²) in [6, 6.07) is 10.5. The van der Waals surface area contributed by atoms with E-state index in [1.54, 1.807) is 30.3 Å². The summed E-state index contributed by atoms with van der Waals surface area (Å²) in [4.78, 5) is 18.2. The summed E-state index contributed by atoms with van der Waals surface area (Å²) in [5.74, 6) is 2.36. The molecule has 0 atom stereocenters. The monoisotopic (exact) mass is 385 g/mol. The summed E-state index contributed by atoms with van der Waals surface area (Å²) in [5, 5.41) is 4.50. The zero-order chi connectivity index (χ0) is 18.4.